The van der Waals surface area contributed by atoms with Gasteiger partial charge in [-0.3, -0.25) is 4.79 Å². The second kappa shape index (κ2) is 6.35. The third-order valence-electron chi connectivity index (χ3n) is 2.23. The summed E-state index contributed by atoms with van der Waals surface area (Å²) >= 11 is 0. The van der Waals surface area contributed by atoms with Gasteiger partial charge in [-0.05, 0) is 11.1 Å². The van der Waals surface area contributed by atoms with Gasteiger partial charge in [0.1, 0.15) is 0 Å². The Hall–Kier alpha value is -2.86. The molecule has 0 N–H and O–H groups in total. The van der Waals surface area contributed by atoms with E-state index >= 15 is 0 Å². The zero-order valence-corrected chi connectivity index (χ0v) is 10.3. The quantitative estimate of drug-likeness (QED) is 0.486. The zero-order chi connectivity index (χ0) is 23.1. The Balaban J connectivity index is 3.26. The van der Waals surface area contributed by atoms with Crippen LogP contribution in [0.3, 0.4) is 0 Å². The first-order chi connectivity index (χ1) is 13.9. The summed E-state index contributed by atoms with van der Waals surface area (Å²) in [7, 11) is 0.940. The van der Waals surface area contributed by atoms with Crippen molar-refractivity contribution in [1.82, 2.24) is 0 Å². The molecule has 0 spiro atoms. The van der Waals surface area contributed by atoms with Gasteiger partial charge in [0.05, 0.1) is 27.4 Å². The molecule has 3 heteroatoms. The molecule has 3 nitrogen and oxygen atoms in total. The summed E-state index contributed by atoms with van der Waals surface area (Å²) in [4.78, 5) is 15.3. The van der Waals surface area contributed by atoms with Crippen molar-refractivity contribution in [3.63, 3.8) is 0 Å². The van der Waals surface area contributed by atoms with Crippen molar-refractivity contribution in [2.45, 2.75) is 0 Å². The van der Waals surface area contributed by atoms with Crippen LogP contribution in [-0.2, 0) is 9.53 Å². The second-order valence-electron chi connectivity index (χ2n) is 3.33. The SMILES string of the molecule is [2H]c1c([2H])c([2H])c(C(=C([N+]#[C-])C(=O)OC)c2c([2H])c([2H])c([2H])c([2H])c2[2H])c([2H])c1[2H]. The average Bonchev–Trinajstić information content (AvgIpc) is 2.73. The molecule has 98 valence electrons. The molecule has 0 aliphatic heterocycles. The van der Waals surface area contributed by atoms with Gasteiger partial charge in [-0.25, -0.2) is 4.85 Å². The molecule has 2 rings (SSSR count). The Morgan fingerprint density at radius 1 is 1.05 bits per heavy atom. The third kappa shape index (κ3) is 2.76. The molecule has 2 aromatic carbocycles. The lowest BCUT2D eigenvalue weighted by molar-refractivity contribution is -0.135. The molecule has 0 aliphatic rings. The van der Waals surface area contributed by atoms with Crippen LogP contribution in [0.4, 0.5) is 0 Å². The highest BCUT2D eigenvalue weighted by molar-refractivity contribution is 6.03. The smallest absolute Gasteiger partial charge is 0.336 e. The molecule has 0 heterocycles. The third-order valence-corrected chi connectivity index (χ3v) is 2.23. The Kier molecular flexibility index (Phi) is 1.79. The fourth-order valence-electron chi connectivity index (χ4n) is 1.41. The van der Waals surface area contributed by atoms with Crippen LogP contribution in [0, 0.1) is 6.57 Å². The zero-order valence-electron chi connectivity index (χ0n) is 20.3. The first-order valence-corrected chi connectivity index (χ1v) is 5.26. The minimum absolute atomic E-state index is 0.657. The average molecular weight is 273 g/mol. The minimum atomic E-state index is -1.27. The standard InChI is InChI=1S/C17H13NO2/c1-18-16(17(19)20-2)15(13-9-5-3-6-10-13)14-11-7-4-8-12-14/h3-12H,2H3/i3D,4D,5D,6D,7D,8D,9D,10D,11D,12D. The largest absolute Gasteiger partial charge is 0.474 e. The van der Waals surface area contributed by atoms with Crippen molar-refractivity contribution >= 4 is 11.5 Å². The van der Waals surface area contributed by atoms with Gasteiger partial charge in [-0.2, -0.15) is 0 Å². The van der Waals surface area contributed by atoms with Crippen molar-refractivity contribution in [2.24, 2.45) is 0 Å². The Morgan fingerprint density at radius 3 is 1.85 bits per heavy atom. The van der Waals surface area contributed by atoms with E-state index in [0.29, 0.717) is 0 Å². The summed E-state index contributed by atoms with van der Waals surface area (Å²) in [6.45, 7) is 7.36. The van der Waals surface area contributed by atoms with E-state index in [4.69, 9.17) is 20.3 Å². The number of nitrogens with zero attached hydrogens (tertiary/aromatic N) is 1. The molecular formula is C17H13NO2. The number of benzene rings is 2. The summed E-state index contributed by atoms with van der Waals surface area (Å²) in [6.07, 6.45) is 0. The van der Waals surface area contributed by atoms with Gasteiger partial charge in [0.25, 0.3) is 5.70 Å². The predicted molar refractivity (Wildman–Crippen MR) is 77.5 cm³/mol. The highest BCUT2D eigenvalue weighted by atomic mass is 16.5. The van der Waals surface area contributed by atoms with Crippen molar-refractivity contribution in [3.05, 3.63) is 88.7 Å². The molecule has 0 amide bonds. The number of methoxy groups -OCH3 is 1. The maximum absolute atomic E-state index is 12.2. The van der Waals surface area contributed by atoms with E-state index in [1.807, 2.05) is 0 Å². The summed E-state index contributed by atoms with van der Waals surface area (Å²) in [5.74, 6) is -1.27. The van der Waals surface area contributed by atoms with Gasteiger partial charge >= 0.3 is 5.97 Å². The lowest BCUT2D eigenvalue weighted by Crippen LogP contribution is -2.05. The second-order valence-corrected chi connectivity index (χ2v) is 3.33. The van der Waals surface area contributed by atoms with E-state index in [0.717, 1.165) is 7.11 Å². The summed E-state index contributed by atoms with van der Waals surface area (Å²) < 4.78 is 84.0. The lowest BCUT2D eigenvalue weighted by Gasteiger charge is -2.10. The van der Waals surface area contributed by atoms with Crippen LogP contribution in [0.5, 0.6) is 0 Å². The molecule has 0 radical (unpaired) electrons. The van der Waals surface area contributed by atoms with Crippen LogP contribution in [-0.4, -0.2) is 13.1 Å². The Bertz CT molecular complexity index is 1040. The maximum atomic E-state index is 12.2. The number of hydrogen-bond acceptors (Lipinski definition) is 2. The number of ether oxygens (including phenoxy) is 1. The Labute approximate surface area is 132 Å². The number of rotatable bonds is 3. The number of carbonyl (C=O) groups is 1. The summed E-state index contributed by atoms with van der Waals surface area (Å²) in [5, 5.41) is 0. The molecule has 20 heavy (non-hydrogen) atoms. The minimum Gasteiger partial charge on any atom is -0.474 e. The highest BCUT2D eigenvalue weighted by Gasteiger charge is 2.19. The summed E-state index contributed by atoms with van der Waals surface area (Å²) in [5.41, 5.74) is -2.91. The molecular weight excluding hydrogens is 250 g/mol. The fourth-order valence-corrected chi connectivity index (χ4v) is 1.41. The molecule has 0 unspecified atom stereocenters. The van der Waals surface area contributed by atoms with Crippen molar-refractivity contribution < 1.29 is 23.2 Å². The van der Waals surface area contributed by atoms with Gasteiger partial charge < -0.3 is 4.74 Å². The predicted octanol–water partition coefficient (Wildman–Crippen LogP) is 3.54. The van der Waals surface area contributed by atoms with Gasteiger partial charge in [0, 0.05) is 5.57 Å². The van der Waals surface area contributed by atoms with E-state index in [1.54, 1.807) is 0 Å². The Morgan fingerprint density at radius 2 is 1.50 bits per heavy atom. The number of hydrogen-bond donors (Lipinski definition) is 0. The van der Waals surface area contributed by atoms with Crippen LogP contribution in [0.15, 0.2) is 66.1 Å². The van der Waals surface area contributed by atoms with Gasteiger partial charge in [0.15, 0.2) is 0 Å². The fraction of sp³-hybridized carbons (Fsp3) is 0.0588. The van der Waals surface area contributed by atoms with Crippen LogP contribution in [0.1, 0.15) is 24.8 Å². The number of carbonyl (C=O) groups excluding carboxylic acids is 1. The van der Waals surface area contributed by atoms with Crippen LogP contribution in [0.2, 0.25) is 0 Å². The van der Waals surface area contributed by atoms with Crippen molar-refractivity contribution in [2.75, 3.05) is 7.11 Å². The van der Waals surface area contributed by atoms with E-state index in [2.05, 4.69) is 9.58 Å². The summed E-state index contributed by atoms with van der Waals surface area (Å²) in [6, 6.07) is -7.88. The van der Waals surface area contributed by atoms with Crippen molar-refractivity contribution in [3.8, 4) is 0 Å². The topological polar surface area (TPSA) is 30.7 Å². The lowest BCUT2D eigenvalue weighted by atomic mass is 9.96. The maximum Gasteiger partial charge on any atom is 0.336 e. The highest BCUT2D eigenvalue weighted by Crippen LogP contribution is 2.28. The van der Waals surface area contributed by atoms with E-state index in [9.17, 15) is 4.79 Å². The molecule has 0 bridgehead atoms. The van der Waals surface area contributed by atoms with Crippen molar-refractivity contribution in [1.29, 1.82) is 0 Å². The molecule has 0 aromatic heterocycles. The normalized spacial score (nSPS) is 16.4. The molecule has 0 atom stereocenters. The van der Waals surface area contributed by atoms with Crippen LogP contribution in [0.25, 0.3) is 10.4 Å². The van der Waals surface area contributed by atoms with Crippen LogP contribution < -0.4 is 0 Å². The molecule has 0 aliphatic carbocycles. The first-order valence-electron chi connectivity index (χ1n) is 10.3. The molecule has 0 saturated carbocycles. The molecule has 0 fully saturated rings. The van der Waals surface area contributed by atoms with Gasteiger partial charge in [-0.15, -0.1) is 0 Å². The monoisotopic (exact) mass is 273 g/mol. The van der Waals surface area contributed by atoms with E-state index in [1.165, 1.54) is 0 Å². The first kappa shape index (κ1) is 5.64. The number of esters is 1. The molecule has 0 saturated heterocycles. The van der Waals surface area contributed by atoms with E-state index in [-0.39, 0.29) is 0 Å². The molecule has 2 aromatic rings. The van der Waals surface area contributed by atoms with Gasteiger partial charge in [-0.1, -0.05) is 60.4 Å². The van der Waals surface area contributed by atoms with Crippen LogP contribution >= 0.6 is 0 Å². The van der Waals surface area contributed by atoms with Gasteiger partial charge in [0.2, 0.25) is 0 Å². The van der Waals surface area contributed by atoms with E-state index < -0.39 is 88.8 Å².